The van der Waals surface area contributed by atoms with E-state index < -0.39 is 15.8 Å². The molecule has 0 radical (unpaired) electrons. The molecule has 7 heteroatoms. The molecular weight excluding hydrogens is 357 g/mol. The molecule has 0 aliphatic carbocycles. The Bertz CT molecular complexity index is 943. The van der Waals surface area contributed by atoms with Crippen LogP contribution >= 0.6 is 0 Å². The maximum absolute atomic E-state index is 13.4. The van der Waals surface area contributed by atoms with Gasteiger partial charge in [0.1, 0.15) is 5.82 Å². The van der Waals surface area contributed by atoms with Crippen LogP contribution in [0.4, 0.5) is 4.39 Å². The second-order valence-electron chi connectivity index (χ2n) is 6.49. The first kappa shape index (κ1) is 18.7. The lowest BCUT2D eigenvalue weighted by atomic mass is 9.96. The zero-order valence-electron chi connectivity index (χ0n) is 15.2. The number of aryl methyl sites for hydroxylation is 1. The van der Waals surface area contributed by atoms with Gasteiger partial charge in [-0.2, -0.15) is 4.31 Å². The van der Waals surface area contributed by atoms with Gasteiger partial charge >= 0.3 is 0 Å². The van der Waals surface area contributed by atoms with Crippen LogP contribution in [0.3, 0.4) is 0 Å². The minimum absolute atomic E-state index is 0.134. The van der Waals surface area contributed by atoms with Crippen molar-refractivity contribution in [3.05, 3.63) is 52.8 Å². The summed E-state index contributed by atoms with van der Waals surface area (Å²) >= 11 is 0. The average molecular weight is 379 g/mol. The van der Waals surface area contributed by atoms with Gasteiger partial charge in [-0.3, -0.25) is 0 Å². The maximum Gasteiger partial charge on any atom is 0.243 e. The van der Waals surface area contributed by atoms with Gasteiger partial charge in [0.05, 0.1) is 19.1 Å². The van der Waals surface area contributed by atoms with E-state index in [-0.39, 0.29) is 17.5 Å². The Morgan fingerprint density at radius 2 is 1.69 bits per heavy atom. The summed E-state index contributed by atoms with van der Waals surface area (Å²) in [5.41, 5.74) is 2.32. The van der Waals surface area contributed by atoms with Crippen LogP contribution in [0.1, 0.15) is 23.6 Å². The second kappa shape index (κ2) is 6.89. The van der Waals surface area contributed by atoms with Crippen molar-refractivity contribution in [2.24, 2.45) is 0 Å². The number of hydrogen-bond donors (Lipinski definition) is 0. The van der Waals surface area contributed by atoms with E-state index in [0.29, 0.717) is 23.5 Å². The second-order valence-corrected chi connectivity index (χ2v) is 8.35. The van der Waals surface area contributed by atoms with Crippen molar-refractivity contribution < 1.29 is 22.3 Å². The fraction of sp³-hybridized carbons (Fsp3) is 0.368. The third-order valence-corrected chi connectivity index (χ3v) is 6.88. The highest BCUT2D eigenvalue weighted by Gasteiger charge is 2.34. The number of fused-ring (bicyclic) bond motifs is 1. The van der Waals surface area contributed by atoms with E-state index in [4.69, 9.17) is 9.47 Å². The van der Waals surface area contributed by atoms with Gasteiger partial charge in [0.2, 0.25) is 10.0 Å². The van der Waals surface area contributed by atoms with Crippen LogP contribution in [0, 0.1) is 12.7 Å². The Labute approximate surface area is 153 Å². The molecule has 0 fully saturated rings. The van der Waals surface area contributed by atoms with Crippen LogP contribution < -0.4 is 9.47 Å². The van der Waals surface area contributed by atoms with Gasteiger partial charge in [-0.25, -0.2) is 12.8 Å². The van der Waals surface area contributed by atoms with Crippen molar-refractivity contribution in [2.75, 3.05) is 14.2 Å². The van der Waals surface area contributed by atoms with E-state index >= 15 is 0 Å². The molecule has 1 aliphatic heterocycles. The highest BCUT2D eigenvalue weighted by atomic mass is 32.2. The number of hydrogen-bond acceptors (Lipinski definition) is 4. The zero-order chi connectivity index (χ0) is 19.1. The zero-order valence-corrected chi connectivity index (χ0v) is 16.1. The first-order valence-electron chi connectivity index (χ1n) is 8.29. The molecule has 0 amide bonds. The van der Waals surface area contributed by atoms with Crippen LogP contribution in [0.15, 0.2) is 35.2 Å². The fourth-order valence-electron chi connectivity index (χ4n) is 3.39. The number of methoxy groups -OCH3 is 2. The van der Waals surface area contributed by atoms with Gasteiger partial charge in [0.15, 0.2) is 11.5 Å². The third-order valence-electron chi connectivity index (χ3n) is 4.76. The molecule has 2 aromatic rings. The van der Waals surface area contributed by atoms with E-state index in [9.17, 15) is 12.8 Å². The minimum atomic E-state index is -3.74. The standard InChI is InChI=1S/C19H22FNO4S/c1-12-7-16(20)5-6-19(12)26(22,23)21-11-15-10-18(25-4)17(24-3)9-14(15)8-13(21)2/h5-7,9-10,13H,8,11H2,1-4H3. The highest BCUT2D eigenvalue weighted by molar-refractivity contribution is 7.89. The molecule has 140 valence electrons. The summed E-state index contributed by atoms with van der Waals surface area (Å²) in [5.74, 6) is 0.746. The summed E-state index contributed by atoms with van der Waals surface area (Å²) < 4.78 is 51.8. The predicted octanol–water partition coefficient (Wildman–Crippen LogP) is 3.29. The first-order chi connectivity index (χ1) is 12.3. The van der Waals surface area contributed by atoms with Gasteiger partial charge in [0, 0.05) is 12.6 Å². The molecule has 0 spiro atoms. The molecule has 0 saturated carbocycles. The van der Waals surface area contributed by atoms with Crippen LogP contribution in [0.5, 0.6) is 11.5 Å². The maximum atomic E-state index is 13.4. The van der Waals surface area contributed by atoms with Gasteiger partial charge in [-0.15, -0.1) is 0 Å². The smallest absolute Gasteiger partial charge is 0.243 e. The normalized spacial score (nSPS) is 17.7. The molecule has 0 bridgehead atoms. The van der Waals surface area contributed by atoms with E-state index in [1.807, 2.05) is 19.1 Å². The van der Waals surface area contributed by atoms with Crippen LogP contribution in [-0.2, 0) is 23.0 Å². The SMILES string of the molecule is COc1cc2c(cc1OC)CN(S(=O)(=O)c1ccc(F)cc1C)C(C)C2. The van der Waals surface area contributed by atoms with Gasteiger partial charge in [-0.1, -0.05) is 0 Å². The number of halogens is 1. The topological polar surface area (TPSA) is 55.8 Å². The van der Waals surface area contributed by atoms with Crippen LogP contribution in [-0.4, -0.2) is 33.0 Å². The largest absolute Gasteiger partial charge is 0.493 e. The van der Waals surface area contributed by atoms with Crippen LogP contribution in [0.25, 0.3) is 0 Å². The molecule has 0 saturated heterocycles. The summed E-state index contributed by atoms with van der Waals surface area (Å²) in [4.78, 5) is 0.134. The summed E-state index contributed by atoms with van der Waals surface area (Å²) in [6.45, 7) is 3.71. The lowest BCUT2D eigenvalue weighted by Gasteiger charge is -2.34. The average Bonchev–Trinajstić information content (AvgIpc) is 2.59. The molecule has 5 nitrogen and oxygen atoms in total. The van der Waals surface area contributed by atoms with Gasteiger partial charge in [-0.05, 0) is 67.3 Å². The van der Waals surface area contributed by atoms with Crippen molar-refractivity contribution in [1.29, 1.82) is 0 Å². The molecule has 0 aromatic heterocycles. The highest BCUT2D eigenvalue weighted by Crippen LogP contribution is 2.36. The van der Waals surface area contributed by atoms with E-state index in [1.54, 1.807) is 21.1 Å². The molecule has 1 unspecified atom stereocenters. The van der Waals surface area contributed by atoms with Crippen molar-refractivity contribution >= 4 is 10.0 Å². The Balaban J connectivity index is 2.03. The van der Waals surface area contributed by atoms with Crippen LogP contribution in [0.2, 0.25) is 0 Å². The quantitative estimate of drug-likeness (QED) is 0.818. The molecular formula is C19H22FNO4S. The number of benzene rings is 2. The predicted molar refractivity (Wildman–Crippen MR) is 96.6 cm³/mol. The molecule has 26 heavy (non-hydrogen) atoms. The van der Waals surface area contributed by atoms with Crippen molar-refractivity contribution in [2.45, 2.75) is 37.8 Å². The lowest BCUT2D eigenvalue weighted by molar-refractivity contribution is 0.304. The van der Waals surface area contributed by atoms with Gasteiger partial charge < -0.3 is 9.47 Å². The summed E-state index contributed by atoms with van der Waals surface area (Å²) in [6, 6.07) is 7.24. The first-order valence-corrected chi connectivity index (χ1v) is 9.73. The monoisotopic (exact) mass is 379 g/mol. The molecule has 1 atom stereocenters. The molecule has 3 rings (SSSR count). The Morgan fingerprint density at radius 3 is 2.27 bits per heavy atom. The molecule has 2 aromatic carbocycles. The van der Waals surface area contributed by atoms with E-state index in [2.05, 4.69) is 0 Å². The van der Waals surface area contributed by atoms with Crippen molar-refractivity contribution in [3.63, 3.8) is 0 Å². The lowest BCUT2D eigenvalue weighted by Crippen LogP contribution is -2.42. The van der Waals surface area contributed by atoms with E-state index in [1.165, 1.54) is 22.5 Å². The fourth-order valence-corrected chi connectivity index (χ4v) is 5.21. The minimum Gasteiger partial charge on any atom is -0.493 e. The van der Waals surface area contributed by atoms with Crippen molar-refractivity contribution in [3.8, 4) is 11.5 Å². The summed E-state index contributed by atoms with van der Waals surface area (Å²) in [5, 5.41) is 0. The Hall–Kier alpha value is -2.12. The van der Waals surface area contributed by atoms with Gasteiger partial charge in [0.25, 0.3) is 0 Å². The van der Waals surface area contributed by atoms with E-state index in [0.717, 1.165) is 11.1 Å². The summed E-state index contributed by atoms with van der Waals surface area (Å²) in [6.07, 6.45) is 0.565. The Morgan fingerprint density at radius 1 is 1.08 bits per heavy atom. The molecule has 1 aliphatic rings. The number of ether oxygens (including phenoxy) is 2. The number of nitrogens with zero attached hydrogens (tertiary/aromatic N) is 1. The number of rotatable bonds is 4. The third kappa shape index (κ3) is 3.17. The summed E-state index contributed by atoms with van der Waals surface area (Å²) in [7, 11) is -0.620. The Kier molecular flexibility index (Phi) is 4.94. The molecule has 1 heterocycles. The van der Waals surface area contributed by atoms with Crippen molar-refractivity contribution in [1.82, 2.24) is 4.31 Å². The number of sulfonamides is 1. The molecule has 0 N–H and O–H groups in total.